The highest BCUT2D eigenvalue weighted by Crippen LogP contribution is 2.25. The molecule has 6 heteroatoms. The molecular weight excluding hydrogens is 268 g/mol. The zero-order chi connectivity index (χ0) is 15.0. The highest BCUT2D eigenvalue weighted by molar-refractivity contribution is 5.96. The SMILES string of the molecule is Cc1nc(-c2nccc3ccccc23)nc(N)c1C(=O)O. The van der Waals surface area contributed by atoms with Gasteiger partial charge in [-0.15, -0.1) is 0 Å². The Kier molecular flexibility index (Phi) is 2.98. The maximum absolute atomic E-state index is 11.1. The number of pyridine rings is 1. The van der Waals surface area contributed by atoms with Gasteiger partial charge in [0.25, 0.3) is 0 Å². The maximum Gasteiger partial charge on any atom is 0.341 e. The summed E-state index contributed by atoms with van der Waals surface area (Å²) in [6, 6.07) is 9.59. The number of nitrogen functional groups attached to an aromatic ring is 1. The number of benzene rings is 1. The van der Waals surface area contributed by atoms with E-state index in [9.17, 15) is 4.79 Å². The van der Waals surface area contributed by atoms with E-state index < -0.39 is 5.97 Å². The molecule has 3 aromatic rings. The number of hydrogen-bond donors (Lipinski definition) is 2. The number of hydrogen-bond acceptors (Lipinski definition) is 5. The van der Waals surface area contributed by atoms with Crippen LogP contribution in [0.4, 0.5) is 5.82 Å². The number of anilines is 1. The number of carboxylic acid groups (broad SMARTS) is 1. The minimum Gasteiger partial charge on any atom is -0.477 e. The van der Waals surface area contributed by atoms with Crippen molar-refractivity contribution >= 4 is 22.6 Å². The highest BCUT2D eigenvalue weighted by Gasteiger charge is 2.17. The first-order valence-electron chi connectivity index (χ1n) is 6.29. The monoisotopic (exact) mass is 280 g/mol. The lowest BCUT2D eigenvalue weighted by molar-refractivity contribution is 0.0696. The Hall–Kier alpha value is -3.02. The van der Waals surface area contributed by atoms with Crippen LogP contribution in [-0.2, 0) is 0 Å². The van der Waals surface area contributed by atoms with E-state index >= 15 is 0 Å². The molecule has 0 fully saturated rings. The van der Waals surface area contributed by atoms with Crippen molar-refractivity contribution in [2.75, 3.05) is 5.73 Å². The van der Waals surface area contributed by atoms with Crippen LogP contribution in [0.25, 0.3) is 22.3 Å². The fourth-order valence-electron chi connectivity index (χ4n) is 2.26. The number of fused-ring (bicyclic) bond motifs is 1. The summed E-state index contributed by atoms with van der Waals surface area (Å²) in [5, 5.41) is 11.0. The van der Waals surface area contributed by atoms with Crippen LogP contribution in [0.2, 0.25) is 0 Å². The summed E-state index contributed by atoms with van der Waals surface area (Å²) in [6.07, 6.45) is 1.66. The molecule has 0 saturated carbocycles. The Morgan fingerprint density at radius 3 is 2.67 bits per heavy atom. The number of rotatable bonds is 2. The first-order valence-corrected chi connectivity index (χ1v) is 6.29. The van der Waals surface area contributed by atoms with Gasteiger partial charge in [-0.25, -0.2) is 14.8 Å². The number of carboxylic acids is 1. The lowest BCUT2D eigenvalue weighted by Crippen LogP contribution is -2.10. The molecular formula is C15H12N4O2. The van der Waals surface area contributed by atoms with Crippen LogP contribution >= 0.6 is 0 Å². The van der Waals surface area contributed by atoms with Crippen molar-refractivity contribution < 1.29 is 9.90 Å². The zero-order valence-electron chi connectivity index (χ0n) is 11.2. The Morgan fingerprint density at radius 2 is 1.95 bits per heavy atom. The molecule has 0 atom stereocenters. The molecule has 3 N–H and O–H groups in total. The summed E-state index contributed by atoms with van der Waals surface area (Å²) in [7, 11) is 0. The van der Waals surface area contributed by atoms with Crippen molar-refractivity contribution in [3.63, 3.8) is 0 Å². The first-order chi connectivity index (χ1) is 10.1. The topological polar surface area (TPSA) is 102 Å². The van der Waals surface area contributed by atoms with Gasteiger partial charge in [0.15, 0.2) is 5.82 Å². The molecule has 21 heavy (non-hydrogen) atoms. The van der Waals surface area contributed by atoms with E-state index in [4.69, 9.17) is 10.8 Å². The third-order valence-electron chi connectivity index (χ3n) is 3.22. The van der Waals surface area contributed by atoms with E-state index in [2.05, 4.69) is 15.0 Å². The second kappa shape index (κ2) is 4.82. The Labute approximate surface area is 120 Å². The lowest BCUT2D eigenvalue weighted by atomic mass is 10.1. The number of aromatic carboxylic acids is 1. The van der Waals surface area contributed by atoms with Crippen LogP contribution in [0, 0.1) is 6.92 Å². The molecule has 0 unspecified atom stereocenters. The van der Waals surface area contributed by atoms with Gasteiger partial charge in [-0.1, -0.05) is 24.3 Å². The van der Waals surface area contributed by atoms with Gasteiger partial charge < -0.3 is 10.8 Å². The first kappa shape index (κ1) is 13.0. The summed E-state index contributed by atoms with van der Waals surface area (Å²) in [4.78, 5) is 23.8. The standard InChI is InChI=1S/C15H12N4O2/c1-8-11(15(20)21)13(16)19-14(18-8)12-10-5-3-2-4-9(10)6-7-17-12/h2-7H,1H3,(H,20,21)(H2,16,18,19). The summed E-state index contributed by atoms with van der Waals surface area (Å²) in [5.41, 5.74) is 6.58. The molecule has 1 aromatic carbocycles. The van der Waals surface area contributed by atoms with Crippen LogP contribution in [-0.4, -0.2) is 26.0 Å². The molecule has 0 aliphatic rings. The molecule has 104 valence electrons. The second-order valence-corrected chi connectivity index (χ2v) is 4.58. The normalized spacial score (nSPS) is 10.7. The average Bonchev–Trinajstić information content (AvgIpc) is 2.45. The number of nitrogens with zero attached hydrogens (tertiary/aromatic N) is 3. The largest absolute Gasteiger partial charge is 0.477 e. The molecule has 3 rings (SSSR count). The molecule has 2 heterocycles. The van der Waals surface area contributed by atoms with Crippen molar-refractivity contribution in [2.24, 2.45) is 0 Å². The van der Waals surface area contributed by atoms with Crippen molar-refractivity contribution in [1.29, 1.82) is 0 Å². The van der Waals surface area contributed by atoms with Crippen LogP contribution < -0.4 is 5.73 Å². The minimum atomic E-state index is -1.14. The molecule has 0 spiro atoms. The van der Waals surface area contributed by atoms with Gasteiger partial charge in [-0.05, 0) is 18.4 Å². The summed E-state index contributed by atoms with van der Waals surface area (Å²) < 4.78 is 0. The third kappa shape index (κ3) is 2.16. The van der Waals surface area contributed by atoms with E-state index in [0.717, 1.165) is 10.8 Å². The fourth-order valence-corrected chi connectivity index (χ4v) is 2.26. The van der Waals surface area contributed by atoms with Crippen molar-refractivity contribution in [1.82, 2.24) is 15.0 Å². The second-order valence-electron chi connectivity index (χ2n) is 4.58. The predicted octanol–water partition coefficient (Wildman–Crippen LogP) is 2.28. The van der Waals surface area contributed by atoms with Gasteiger partial charge in [0.1, 0.15) is 17.1 Å². The van der Waals surface area contributed by atoms with Crippen LogP contribution in [0.1, 0.15) is 16.1 Å². The molecule has 0 saturated heterocycles. The summed E-state index contributed by atoms with van der Waals surface area (Å²) in [6.45, 7) is 1.59. The van der Waals surface area contributed by atoms with Gasteiger partial charge in [0.2, 0.25) is 0 Å². The van der Waals surface area contributed by atoms with Gasteiger partial charge in [0, 0.05) is 11.6 Å². The molecule has 0 radical (unpaired) electrons. The Morgan fingerprint density at radius 1 is 1.19 bits per heavy atom. The zero-order valence-corrected chi connectivity index (χ0v) is 11.2. The van der Waals surface area contributed by atoms with Crippen LogP contribution in [0.3, 0.4) is 0 Å². The van der Waals surface area contributed by atoms with Crippen LogP contribution in [0.15, 0.2) is 36.5 Å². The van der Waals surface area contributed by atoms with Gasteiger partial charge in [-0.2, -0.15) is 0 Å². The Bertz CT molecular complexity index is 833. The molecule has 0 amide bonds. The maximum atomic E-state index is 11.1. The minimum absolute atomic E-state index is 0.0558. The number of carbonyl (C=O) groups is 1. The molecule has 0 aliphatic carbocycles. The van der Waals surface area contributed by atoms with Gasteiger partial charge >= 0.3 is 5.97 Å². The van der Waals surface area contributed by atoms with Crippen molar-refractivity contribution in [3.05, 3.63) is 47.8 Å². The highest BCUT2D eigenvalue weighted by atomic mass is 16.4. The van der Waals surface area contributed by atoms with Gasteiger partial charge in [-0.3, -0.25) is 4.98 Å². The average molecular weight is 280 g/mol. The third-order valence-corrected chi connectivity index (χ3v) is 3.22. The Balaban J connectivity index is 2.27. The van der Waals surface area contributed by atoms with E-state index in [1.807, 2.05) is 30.3 Å². The summed E-state index contributed by atoms with van der Waals surface area (Å²) >= 11 is 0. The van der Waals surface area contributed by atoms with E-state index in [1.54, 1.807) is 13.1 Å². The van der Waals surface area contributed by atoms with E-state index in [0.29, 0.717) is 17.2 Å². The smallest absolute Gasteiger partial charge is 0.341 e. The molecule has 2 aromatic heterocycles. The molecule has 0 bridgehead atoms. The summed E-state index contributed by atoms with van der Waals surface area (Å²) in [5.74, 6) is -0.867. The van der Waals surface area contributed by atoms with Crippen molar-refractivity contribution in [3.8, 4) is 11.5 Å². The van der Waals surface area contributed by atoms with Crippen molar-refractivity contribution in [2.45, 2.75) is 6.92 Å². The quantitative estimate of drug-likeness (QED) is 0.746. The lowest BCUT2D eigenvalue weighted by Gasteiger charge is -2.08. The molecule has 0 aliphatic heterocycles. The number of aromatic nitrogens is 3. The number of aryl methyl sites for hydroxylation is 1. The van der Waals surface area contributed by atoms with E-state index in [1.165, 1.54) is 0 Å². The van der Waals surface area contributed by atoms with E-state index in [-0.39, 0.29) is 11.4 Å². The number of nitrogens with two attached hydrogens (primary N) is 1. The predicted molar refractivity (Wildman–Crippen MR) is 78.9 cm³/mol. The fraction of sp³-hybridized carbons (Fsp3) is 0.0667. The molecule has 6 nitrogen and oxygen atoms in total. The van der Waals surface area contributed by atoms with Gasteiger partial charge in [0.05, 0.1) is 5.69 Å². The van der Waals surface area contributed by atoms with Crippen LogP contribution in [0.5, 0.6) is 0 Å².